The summed E-state index contributed by atoms with van der Waals surface area (Å²) in [4.78, 5) is 11.4. The molecular weight excluding hydrogens is 204 g/mol. The minimum Gasteiger partial charge on any atom is -0.384 e. The molecule has 0 aliphatic heterocycles. The number of hydrogen-bond acceptors (Lipinski definition) is 3. The number of carbonyl (C=O) groups excluding carboxylic acids is 1. The summed E-state index contributed by atoms with van der Waals surface area (Å²) in [5, 5.41) is 5.68. The van der Waals surface area contributed by atoms with Crippen LogP contribution in [0.5, 0.6) is 0 Å². The molecule has 0 saturated carbocycles. The number of benzene rings is 1. The Labute approximate surface area is 96.0 Å². The number of nitrogens with one attached hydrogen (secondary N) is 2. The molecule has 1 rings (SSSR count). The Balaban J connectivity index is 2.66. The van der Waals surface area contributed by atoms with Gasteiger partial charge in [0.1, 0.15) is 0 Å². The van der Waals surface area contributed by atoms with Crippen molar-refractivity contribution in [3.63, 3.8) is 0 Å². The molecular formula is C12H18N2O2. The molecule has 1 amide bonds. The molecule has 0 fully saturated rings. The predicted octanol–water partition coefficient (Wildman–Crippen LogP) is 1.03. The molecule has 0 bridgehead atoms. The molecule has 0 radical (unpaired) electrons. The normalized spacial score (nSPS) is 10.1. The molecule has 1 aromatic carbocycles. The van der Waals surface area contributed by atoms with Crippen LogP contribution < -0.4 is 10.6 Å². The average Bonchev–Trinajstić information content (AvgIpc) is 2.28. The van der Waals surface area contributed by atoms with Crippen LogP contribution in [0.25, 0.3) is 0 Å². The maximum Gasteiger partial charge on any atom is 0.238 e. The first-order valence-electron chi connectivity index (χ1n) is 5.29. The van der Waals surface area contributed by atoms with Crippen molar-refractivity contribution in [3.05, 3.63) is 29.8 Å². The lowest BCUT2D eigenvalue weighted by atomic mass is 10.1. The SMILES string of the molecule is CNCC(=O)Nc1ccccc1CCOC. The Morgan fingerprint density at radius 2 is 2.12 bits per heavy atom. The zero-order valence-corrected chi connectivity index (χ0v) is 9.75. The largest absolute Gasteiger partial charge is 0.384 e. The number of amides is 1. The highest BCUT2D eigenvalue weighted by Gasteiger charge is 2.04. The third-order valence-electron chi connectivity index (χ3n) is 2.20. The number of anilines is 1. The van der Waals surface area contributed by atoms with E-state index < -0.39 is 0 Å². The fourth-order valence-electron chi connectivity index (χ4n) is 1.43. The highest BCUT2D eigenvalue weighted by molar-refractivity contribution is 5.92. The molecule has 4 nitrogen and oxygen atoms in total. The molecule has 2 N–H and O–H groups in total. The summed E-state index contributed by atoms with van der Waals surface area (Å²) >= 11 is 0. The molecule has 16 heavy (non-hydrogen) atoms. The standard InChI is InChI=1S/C12H18N2O2/c1-13-9-12(15)14-11-6-4-3-5-10(11)7-8-16-2/h3-6,13H,7-9H2,1-2H3,(H,14,15). The number of likely N-dealkylation sites (N-methyl/N-ethyl adjacent to an activating group) is 1. The molecule has 0 unspecified atom stereocenters. The Morgan fingerprint density at radius 1 is 1.38 bits per heavy atom. The van der Waals surface area contributed by atoms with E-state index in [1.165, 1.54) is 0 Å². The van der Waals surface area contributed by atoms with Crippen LogP contribution in [0.15, 0.2) is 24.3 Å². The fourth-order valence-corrected chi connectivity index (χ4v) is 1.43. The van der Waals surface area contributed by atoms with E-state index in [2.05, 4.69) is 10.6 Å². The maximum atomic E-state index is 11.4. The Morgan fingerprint density at radius 3 is 2.81 bits per heavy atom. The molecule has 0 aliphatic rings. The van der Waals surface area contributed by atoms with Gasteiger partial charge in [-0.05, 0) is 25.1 Å². The van der Waals surface area contributed by atoms with Crippen molar-refractivity contribution in [1.29, 1.82) is 0 Å². The summed E-state index contributed by atoms with van der Waals surface area (Å²) < 4.78 is 5.03. The van der Waals surface area contributed by atoms with Gasteiger partial charge in [-0.2, -0.15) is 0 Å². The lowest BCUT2D eigenvalue weighted by Crippen LogP contribution is -2.25. The van der Waals surface area contributed by atoms with Crippen molar-refractivity contribution in [3.8, 4) is 0 Å². The van der Waals surface area contributed by atoms with E-state index in [-0.39, 0.29) is 5.91 Å². The maximum absolute atomic E-state index is 11.4. The van der Waals surface area contributed by atoms with Gasteiger partial charge in [-0.15, -0.1) is 0 Å². The first-order chi connectivity index (χ1) is 7.77. The fraction of sp³-hybridized carbons (Fsp3) is 0.417. The molecule has 0 atom stereocenters. The van der Waals surface area contributed by atoms with Crippen LogP contribution in [0.2, 0.25) is 0 Å². The van der Waals surface area contributed by atoms with Gasteiger partial charge >= 0.3 is 0 Å². The average molecular weight is 222 g/mol. The first-order valence-corrected chi connectivity index (χ1v) is 5.29. The molecule has 0 spiro atoms. The van der Waals surface area contributed by atoms with E-state index in [4.69, 9.17) is 4.74 Å². The zero-order valence-electron chi connectivity index (χ0n) is 9.75. The zero-order chi connectivity index (χ0) is 11.8. The number of hydrogen-bond donors (Lipinski definition) is 2. The predicted molar refractivity (Wildman–Crippen MR) is 64.6 cm³/mol. The van der Waals surface area contributed by atoms with Crippen molar-refractivity contribution in [1.82, 2.24) is 5.32 Å². The van der Waals surface area contributed by atoms with Gasteiger partial charge in [-0.25, -0.2) is 0 Å². The summed E-state index contributed by atoms with van der Waals surface area (Å²) in [5.41, 5.74) is 1.95. The highest BCUT2D eigenvalue weighted by Crippen LogP contribution is 2.15. The van der Waals surface area contributed by atoms with E-state index in [9.17, 15) is 4.79 Å². The second kappa shape index (κ2) is 6.98. The molecule has 0 aromatic heterocycles. The Bertz CT molecular complexity index is 340. The molecule has 1 aromatic rings. The number of para-hydroxylation sites is 1. The highest BCUT2D eigenvalue weighted by atomic mass is 16.5. The minimum absolute atomic E-state index is 0.0348. The molecule has 0 aliphatic carbocycles. The number of carbonyl (C=O) groups is 1. The molecule has 0 heterocycles. The van der Waals surface area contributed by atoms with E-state index >= 15 is 0 Å². The third kappa shape index (κ3) is 4.00. The van der Waals surface area contributed by atoms with Crippen LogP contribution in [0.1, 0.15) is 5.56 Å². The second-order valence-corrected chi connectivity index (χ2v) is 3.48. The lowest BCUT2D eigenvalue weighted by molar-refractivity contribution is -0.115. The Kier molecular flexibility index (Phi) is 5.53. The van der Waals surface area contributed by atoms with Crippen molar-refractivity contribution >= 4 is 11.6 Å². The van der Waals surface area contributed by atoms with Crippen LogP contribution in [-0.2, 0) is 16.0 Å². The smallest absolute Gasteiger partial charge is 0.238 e. The van der Waals surface area contributed by atoms with Crippen LogP contribution in [0.3, 0.4) is 0 Å². The quantitative estimate of drug-likeness (QED) is 0.756. The summed E-state index contributed by atoms with van der Waals surface area (Å²) in [6.07, 6.45) is 0.798. The van der Waals surface area contributed by atoms with Crippen LogP contribution >= 0.6 is 0 Å². The topological polar surface area (TPSA) is 50.4 Å². The van der Waals surface area contributed by atoms with Gasteiger partial charge in [0.25, 0.3) is 0 Å². The van der Waals surface area contributed by atoms with E-state index in [0.717, 1.165) is 17.7 Å². The van der Waals surface area contributed by atoms with Gasteiger partial charge < -0.3 is 15.4 Å². The first kappa shape index (κ1) is 12.7. The number of methoxy groups -OCH3 is 1. The molecule has 4 heteroatoms. The number of rotatable bonds is 6. The summed E-state index contributed by atoms with van der Waals surface area (Å²) in [5.74, 6) is -0.0348. The van der Waals surface area contributed by atoms with Crippen LogP contribution in [0, 0.1) is 0 Å². The van der Waals surface area contributed by atoms with Gasteiger partial charge in [0.15, 0.2) is 0 Å². The minimum atomic E-state index is -0.0348. The van der Waals surface area contributed by atoms with Crippen LogP contribution in [0.4, 0.5) is 5.69 Å². The van der Waals surface area contributed by atoms with Gasteiger partial charge in [-0.3, -0.25) is 4.79 Å². The van der Waals surface area contributed by atoms with Crippen molar-refractivity contribution < 1.29 is 9.53 Å². The van der Waals surface area contributed by atoms with Gasteiger partial charge in [0.2, 0.25) is 5.91 Å². The second-order valence-electron chi connectivity index (χ2n) is 3.48. The van der Waals surface area contributed by atoms with Gasteiger partial charge in [0.05, 0.1) is 13.2 Å². The Hall–Kier alpha value is -1.39. The monoisotopic (exact) mass is 222 g/mol. The van der Waals surface area contributed by atoms with E-state index in [1.807, 2.05) is 24.3 Å². The summed E-state index contributed by atoms with van der Waals surface area (Å²) in [6, 6.07) is 7.76. The molecule has 88 valence electrons. The van der Waals surface area contributed by atoms with E-state index in [0.29, 0.717) is 13.2 Å². The van der Waals surface area contributed by atoms with Crippen molar-refractivity contribution in [2.24, 2.45) is 0 Å². The lowest BCUT2D eigenvalue weighted by Gasteiger charge is -2.10. The summed E-state index contributed by atoms with van der Waals surface area (Å²) in [7, 11) is 3.42. The number of ether oxygens (including phenoxy) is 1. The van der Waals surface area contributed by atoms with Crippen molar-refractivity contribution in [2.75, 3.05) is 32.6 Å². The molecule has 0 saturated heterocycles. The van der Waals surface area contributed by atoms with Crippen LogP contribution in [-0.4, -0.2) is 33.2 Å². The third-order valence-corrected chi connectivity index (χ3v) is 2.20. The summed E-state index contributed by atoms with van der Waals surface area (Å²) in [6.45, 7) is 0.970. The van der Waals surface area contributed by atoms with Gasteiger partial charge in [0, 0.05) is 12.8 Å². The van der Waals surface area contributed by atoms with E-state index in [1.54, 1.807) is 14.2 Å². The van der Waals surface area contributed by atoms with Crippen molar-refractivity contribution in [2.45, 2.75) is 6.42 Å². The van der Waals surface area contributed by atoms with Gasteiger partial charge in [-0.1, -0.05) is 18.2 Å².